The summed E-state index contributed by atoms with van der Waals surface area (Å²) in [6.45, 7) is 3.78. The SMILES string of the molecule is CC(CN(C)C(C)C#N)C(=O)O. The van der Waals surface area contributed by atoms with Crippen LogP contribution in [-0.2, 0) is 4.79 Å². The summed E-state index contributed by atoms with van der Waals surface area (Å²) in [7, 11) is 1.74. The molecule has 0 aromatic heterocycles. The summed E-state index contributed by atoms with van der Waals surface area (Å²) in [6.07, 6.45) is 0. The zero-order chi connectivity index (χ0) is 9.72. The highest BCUT2D eigenvalue weighted by molar-refractivity contribution is 5.69. The molecule has 0 radical (unpaired) electrons. The number of nitrogens with zero attached hydrogens (tertiary/aromatic N) is 2. The molecule has 0 aromatic rings. The van der Waals surface area contributed by atoms with Gasteiger partial charge in [0.1, 0.15) is 0 Å². The molecule has 0 aliphatic carbocycles. The molecule has 0 spiro atoms. The van der Waals surface area contributed by atoms with Crippen molar-refractivity contribution in [3.05, 3.63) is 0 Å². The van der Waals surface area contributed by atoms with E-state index >= 15 is 0 Å². The summed E-state index contributed by atoms with van der Waals surface area (Å²) in [4.78, 5) is 12.2. The third-order valence-electron chi connectivity index (χ3n) is 1.83. The van der Waals surface area contributed by atoms with Gasteiger partial charge >= 0.3 is 5.97 Å². The molecule has 1 N–H and O–H groups in total. The Morgan fingerprint density at radius 2 is 2.17 bits per heavy atom. The molecule has 0 bridgehead atoms. The number of carboxylic acid groups (broad SMARTS) is 1. The van der Waals surface area contributed by atoms with Gasteiger partial charge < -0.3 is 5.11 Å². The number of nitriles is 1. The van der Waals surface area contributed by atoms with E-state index in [0.717, 1.165) is 0 Å². The van der Waals surface area contributed by atoms with Crippen molar-refractivity contribution in [1.29, 1.82) is 5.26 Å². The minimum atomic E-state index is -0.827. The fraction of sp³-hybridized carbons (Fsp3) is 0.750. The first-order chi connectivity index (χ1) is 5.49. The van der Waals surface area contributed by atoms with Gasteiger partial charge in [-0.25, -0.2) is 0 Å². The molecule has 0 amide bonds. The number of hydrogen-bond donors (Lipinski definition) is 1. The Balaban J connectivity index is 3.93. The Morgan fingerprint density at radius 3 is 2.50 bits per heavy atom. The molecule has 0 aliphatic heterocycles. The topological polar surface area (TPSA) is 64.3 Å². The molecule has 0 fully saturated rings. The molecule has 2 atom stereocenters. The largest absolute Gasteiger partial charge is 0.481 e. The first kappa shape index (κ1) is 10.9. The van der Waals surface area contributed by atoms with Crippen molar-refractivity contribution in [1.82, 2.24) is 4.90 Å². The van der Waals surface area contributed by atoms with Gasteiger partial charge in [-0.05, 0) is 14.0 Å². The van der Waals surface area contributed by atoms with E-state index in [4.69, 9.17) is 10.4 Å². The van der Waals surface area contributed by atoms with E-state index in [1.165, 1.54) is 0 Å². The van der Waals surface area contributed by atoms with E-state index in [9.17, 15) is 4.79 Å². The third kappa shape index (κ3) is 3.35. The van der Waals surface area contributed by atoms with Gasteiger partial charge in [0.2, 0.25) is 0 Å². The fourth-order valence-electron chi connectivity index (χ4n) is 0.767. The van der Waals surface area contributed by atoms with Crippen LogP contribution in [0.3, 0.4) is 0 Å². The normalized spacial score (nSPS) is 15.2. The highest BCUT2D eigenvalue weighted by Gasteiger charge is 2.16. The Labute approximate surface area is 72.4 Å². The molecule has 2 unspecified atom stereocenters. The molecule has 0 saturated heterocycles. The van der Waals surface area contributed by atoms with E-state index in [1.54, 1.807) is 25.8 Å². The van der Waals surface area contributed by atoms with Crippen LogP contribution in [0.1, 0.15) is 13.8 Å². The van der Waals surface area contributed by atoms with Crippen LogP contribution in [0.4, 0.5) is 0 Å². The van der Waals surface area contributed by atoms with Crippen molar-refractivity contribution in [3.8, 4) is 6.07 Å². The van der Waals surface area contributed by atoms with Crippen LogP contribution in [0.5, 0.6) is 0 Å². The van der Waals surface area contributed by atoms with Crippen LogP contribution < -0.4 is 0 Å². The van der Waals surface area contributed by atoms with E-state index in [0.29, 0.717) is 6.54 Å². The first-order valence-corrected chi connectivity index (χ1v) is 3.81. The molecule has 0 saturated carbocycles. The lowest BCUT2D eigenvalue weighted by atomic mass is 10.1. The van der Waals surface area contributed by atoms with Gasteiger partial charge in [0, 0.05) is 6.54 Å². The lowest BCUT2D eigenvalue weighted by molar-refractivity contribution is -0.141. The van der Waals surface area contributed by atoms with E-state index < -0.39 is 11.9 Å². The monoisotopic (exact) mass is 170 g/mol. The molecule has 4 heteroatoms. The van der Waals surface area contributed by atoms with Crippen molar-refractivity contribution < 1.29 is 9.90 Å². The Hall–Kier alpha value is -1.08. The second kappa shape index (κ2) is 4.73. The van der Waals surface area contributed by atoms with Gasteiger partial charge in [0.05, 0.1) is 18.0 Å². The summed E-state index contributed by atoms with van der Waals surface area (Å²) >= 11 is 0. The molecule has 12 heavy (non-hydrogen) atoms. The van der Waals surface area contributed by atoms with Crippen LogP contribution >= 0.6 is 0 Å². The molecule has 4 nitrogen and oxygen atoms in total. The van der Waals surface area contributed by atoms with Crippen LogP contribution in [0.25, 0.3) is 0 Å². The van der Waals surface area contributed by atoms with Gasteiger partial charge in [-0.15, -0.1) is 0 Å². The van der Waals surface area contributed by atoms with Crippen molar-refractivity contribution in [3.63, 3.8) is 0 Å². The number of hydrogen-bond acceptors (Lipinski definition) is 3. The number of aliphatic carboxylic acids is 1. The van der Waals surface area contributed by atoms with E-state index in [-0.39, 0.29) is 6.04 Å². The number of rotatable bonds is 4. The standard InChI is InChI=1S/C8H14N2O2/c1-6(8(11)12)5-10(3)7(2)4-9/h6-7H,5H2,1-3H3,(H,11,12). The average Bonchev–Trinajstić information content (AvgIpc) is 2.02. The molecule has 0 rings (SSSR count). The highest BCUT2D eigenvalue weighted by Crippen LogP contribution is 2.01. The molecule has 0 aliphatic rings. The minimum Gasteiger partial charge on any atom is -0.481 e. The van der Waals surface area contributed by atoms with Gasteiger partial charge in [0.15, 0.2) is 0 Å². The summed E-state index contributed by atoms with van der Waals surface area (Å²) in [5.74, 6) is -1.25. The summed E-state index contributed by atoms with van der Waals surface area (Å²) in [5.41, 5.74) is 0. The first-order valence-electron chi connectivity index (χ1n) is 3.81. The second-order valence-electron chi connectivity index (χ2n) is 2.98. The Kier molecular flexibility index (Phi) is 4.30. The van der Waals surface area contributed by atoms with E-state index in [1.807, 2.05) is 6.07 Å². The Bertz CT molecular complexity index is 198. The molecular formula is C8H14N2O2. The van der Waals surface area contributed by atoms with Crippen molar-refractivity contribution in [2.75, 3.05) is 13.6 Å². The van der Waals surface area contributed by atoms with Crippen LogP contribution in [0.2, 0.25) is 0 Å². The zero-order valence-corrected chi connectivity index (χ0v) is 7.61. The van der Waals surface area contributed by atoms with Gasteiger partial charge in [-0.2, -0.15) is 5.26 Å². The van der Waals surface area contributed by atoms with Gasteiger partial charge in [-0.3, -0.25) is 9.69 Å². The molecule has 0 heterocycles. The van der Waals surface area contributed by atoms with Gasteiger partial charge in [0.25, 0.3) is 0 Å². The summed E-state index contributed by atoms with van der Waals surface area (Å²) in [6, 6.07) is 1.81. The van der Waals surface area contributed by atoms with Crippen molar-refractivity contribution >= 4 is 5.97 Å². The molecular weight excluding hydrogens is 156 g/mol. The fourth-order valence-corrected chi connectivity index (χ4v) is 0.767. The van der Waals surface area contributed by atoms with Gasteiger partial charge in [-0.1, -0.05) is 6.92 Å². The lowest BCUT2D eigenvalue weighted by Crippen LogP contribution is -2.34. The predicted molar refractivity (Wildman–Crippen MR) is 44.5 cm³/mol. The van der Waals surface area contributed by atoms with Crippen LogP contribution in [-0.4, -0.2) is 35.6 Å². The molecule has 0 aromatic carbocycles. The Morgan fingerprint density at radius 1 is 1.67 bits per heavy atom. The van der Waals surface area contributed by atoms with Crippen molar-refractivity contribution in [2.24, 2.45) is 5.92 Å². The molecule has 68 valence electrons. The smallest absolute Gasteiger partial charge is 0.307 e. The summed E-state index contributed by atoms with van der Waals surface area (Å²) in [5, 5.41) is 17.1. The maximum atomic E-state index is 10.4. The lowest BCUT2D eigenvalue weighted by Gasteiger charge is -2.20. The van der Waals surface area contributed by atoms with E-state index in [2.05, 4.69) is 0 Å². The van der Waals surface area contributed by atoms with Crippen molar-refractivity contribution in [2.45, 2.75) is 19.9 Å². The van der Waals surface area contributed by atoms with Crippen LogP contribution in [0, 0.1) is 17.2 Å². The minimum absolute atomic E-state index is 0.230. The maximum Gasteiger partial charge on any atom is 0.307 e. The van der Waals surface area contributed by atoms with Crippen LogP contribution in [0.15, 0.2) is 0 Å². The number of carboxylic acids is 1. The number of carbonyl (C=O) groups is 1. The second-order valence-corrected chi connectivity index (χ2v) is 2.98. The predicted octanol–water partition coefficient (Wildman–Crippen LogP) is 0.551. The average molecular weight is 170 g/mol. The third-order valence-corrected chi connectivity index (χ3v) is 1.83. The zero-order valence-electron chi connectivity index (χ0n) is 7.61. The summed E-state index contributed by atoms with van der Waals surface area (Å²) < 4.78 is 0. The maximum absolute atomic E-state index is 10.4. The quantitative estimate of drug-likeness (QED) is 0.669. The highest BCUT2D eigenvalue weighted by atomic mass is 16.4.